The van der Waals surface area contributed by atoms with Crippen LogP contribution < -0.4 is 0 Å². The normalized spacial score (nSPS) is 12.5. The molecule has 0 aromatic heterocycles. The topological polar surface area (TPSA) is 37.3 Å². The monoisotopic (exact) mass is 248 g/mol. The maximum atomic E-state index is 13.4. The van der Waals surface area contributed by atoms with Gasteiger partial charge in [0.1, 0.15) is 16.7 Å². The predicted octanol–water partition coefficient (Wildman–Crippen LogP) is 3.27. The lowest BCUT2D eigenvalue weighted by molar-refractivity contribution is -0.141. The Balaban J connectivity index is 2.75. The summed E-state index contributed by atoms with van der Waals surface area (Å²) in [6.07, 6.45) is 0.507. The number of halogens is 3. The average molecular weight is 249 g/mol. The van der Waals surface area contributed by atoms with Crippen LogP contribution in [0.25, 0.3) is 0 Å². The molecule has 0 aliphatic rings. The van der Waals surface area contributed by atoms with Crippen molar-refractivity contribution < 1.29 is 18.7 Å². The van der Waals surface area contributed by atoms with E-state index >= 15 is 0 Å². The molecule has 16 heavy (non-hydrogen) atoms. The molecule has 0 radical (unpaired) electrons. The molecule has 1 aromatic carbocycles. The molecule has 1 N–H and O–H groups in total. The van der Waals surface area contributed by atoms with Crippen LogP contribution in [0.5, 0.6) is 0 Å². The second-order valence-electron chi connectivity index (χ2n) is 3.61. The summed E-state index contributed by atoms with van der Waals surface area (Å²) in [5.74, 6) is -3.12. The summed E-state index contributed by atoms with van der Waals surface area (Å²) in [6, 6.07) is 2.36. The van der Waals surface area contributed by atoms with E-state index in [1.807, 2.05) is 0 Å². The van der Waals surface area contributed by atoms with Gasteiger partial charge in [-0.25, -0.2) is 8.78 Å². The number of carbonyl (C=O) groups is 1. The van der Waals surface area contributed by atoms with Crippen molar-refractivity contribution in [1.29, 1.82) is 0 Å². The van der Waals surface area contributed by atoms with Crippen LogP contribution in [0.4, 0.5) is 8.78 Å². The van der Waals surface area contributed by atoms with E-state index in [9.17, 15) is 13.6 Å². The quantitative estimate of drug-likeness (QED) is 0.831. The van der Waals surface area contributed by atoms with Crippen LogP contribution >= 0.6 is 11.6 Å². The number of hydrogen-bond donors (Lipinski definition) is 1. The number of carboxylic acid groups (broad SMARTS) is 1. The fourth-order valence-electron chi connectivity index (χ4n) is 1.25. The van der Waals surface area contributed by atoms with Gasteiger partial charge >= 0.3 is 5.97 Å². The van der Waals surface area contributed by atoms with Crippen LogP contribution in [0.15, 0.2) is 12.1 Å². The number of benzene rings is 1. The fraction of sp³-hybridized carbons (Fsp3) is 0.364. The van der Waals surface area contributed by atoms with Gasteiger partial charge in [-0.1, -0.05) is 24.6 Å². The summed E-state index contributed by atoms with van der Waals surface area (Å²) in [7, 11) is 0. The van der Waals surface area contributed by atoms with E-state index in [0.717, 1.165) is 6.07 Å². The molecule has 0 amide bonds. The first kappa shape index (κ1) is 12.9. The Hall–Kier alpha value is -1.16. The zero-order valence-electron chi connectivity index (χ0n) is 8.64. The highest BCUT2D eigenvalue weighted by Gasteiger charge is 2.15. The minimum absolute atomic E-state index is 0.222. The van der Waals surface area contributed by atoms with Gasteiger partial charge in [0.2, 0.25) is 0 Å². The summed E-state index contributed by atoms with van der Waals surface area (Å²) in [4.78, 5) is 10.5. The van der Waals surface area contributed by atoms with Crippen LogP contribution in [0.3, 0.4) is 0 Å². The zero-order chi connectivity index (χ0) is 12.3. The highest BCUT2D eigenvalue weighted by Crippen LogP contribution is 2.23. The van der Waals surface area contributed by atoms with Crippen LogP contribution in [-0.4, -0.2) is 11.1 Å². The number of hydrogen-bond acceptors (Lipinski definition) is 1. The Morgan fingerprint density at radius 3 is 2.69 bits per heavy atom. The van der Waals surface area contributed by atoms with Crippen LogP contribution in [-0.2, 0) is 11.2 Å². The molecule has 0 saturated carbocycles. The van der Waals surface area contributed by atoms with Gasteiger partial charge in [-0.2, -0.15) is 0 Å². The van der Waals surface area contributed by atoms with E-state index in [1.54, 1.807) is 0 Å². The molecule has 2 nitrogen and oxygen atoms in total. The third kappa shape index (κ3) is 2.92. The van der Waals surface area contributed by atoms with Crippen molar-refractivity contribution in [2.45, 2.75) is 19.8 Å². The van der Waals surface area contributed by atoms with Gasteiger partial charge < -0.3 is 5.11 Å². The first-order chi connectivity index (χ1) is 7.43. The second-order valence-corrected chi connectivity index (χ2v) is 3.99. The largest absolute Gasteiger partial charge is 0.481 e. The van der Waals surface area contributed by atoms with Gasteiger partial charge in [0.15, 0.2) is 0 Å². The summed E-state index contributed by atoms with van der Waals surface area (Å²) in [5, 5.41) is 8.11. The van der Waals surface area contributed by atoms with Gasteiger partial charge in [0, 0.05) is 0 Å². The van der Waals surface area contributed by atoms with Gasteiger partial charge in [-0.05, 0) is 24.5 Å². The van der Waals surface area contributed by atoms with Crippen molar-refractivity contribution in [3.8, 4) is 0 Å². The van der Waals surface area contributed by atoms with Crippen molar-refractivity contribution in [3.05, 3.63) is 34.4 Å². The fourth-order valence-corrected chi connectivity index (χ4v) is 1.44. The van der Waals surface area contributed by atoms with Crippen molar-refractivity contribution in [2.24, 2.45) is 5.92 Å². The van der Waals surface area contributed by atoms with Gasteiger partial charge in [-0.3, -0.25) is 4.79 Å². The predicted molar refractivity (Wildman–Crippen MR) is 56.5 cm³/mol. The van der Waals surface area contributed by atoms with Crippen LogP contribution in [0, 0.1) is 17.6 Å². The summed E-state index contributed by atoms with van der Waals surface area (Å²) >= 11 is 5.39. The molecule has 0 fully saturated rings. The van der Waals surface area contributed by atoms with Crippen molar-refractivity contribution in [1.82, 2.24) is 0 Å². The molecule has 1 aromatic rings. The van der Waals surface area contributed by atoms with E-state index in [1.165, 1.54) is 13.0 Å². The van der Waals surface area contributed by atoms with E-state index in [0.29, 0.717) is 0 Å². The summed E-state index contributed by atoms with van der Waals surface area (Å²) in [5.41, 5.74) is 0.236. The molecule has 88 valence electrons. The zero-order valence-corrected chi connectivity index (χ0v) is 9.39. The third-order valence-electron chi connectivity index (χ3n) is 2.38. The highest BCUT2D eigenvalue weighted by molar-refractivity contribution is 6.30. The maximum Gasteiger partial charge on any atom is 0.306 e. The molecule has 1 unspecified atom stereocenters. The number of aliphatic carboxylic acids is 1. The molecule has 1 rings (SSSR count). The van der Waals surface area contributed by atoms with Gasteiger partial charge in [-0.15, -0.1) is 0 Å². The van der Waals surface area contributed by atoms with Gasteiger partial charge in [0.05, 0.1) is 5.92 Å². The first-order valence-corrected chi connectivity index (χ1v) is 5.16. The molecular weight excluding hydrogens is 238 g/mol. The number of aryl methyl sites for hydroxylation is 1. The Morgan fingerprint density at radius 1 is 1.50 bits per heavy atom. The van der Waals surface area contributed by atoms with E-state index in [-0.39, 0.29) is 18.4 Å². The van der Waals surface area contributed by atoms with Crippen molar-refractivity contribution in [2.75, 3.05) is 0 Å². The molecule has 0 heterocycles. The van der Waals surface area contributed by atoms with Gasteiger partial charge in [0.25, 0.3) is 0 Å². The Labute approximate surface area is 96.8 Å². The SMILES string of the molecule is CC(CCc1ccc(F)c(Cl)c1F)C(=O)O. The second kappa shape index (κ2) is 5.25. The molecule has 5 heteroatoms. The lowest BCUT2D eigenvalue weighted by Gasteiger charge is -2.08. The third-order valence-corrected chi connectivity index (χ3v) is 2.73. The van der Waals surface area contributed by atoms with Crippen molar-refractivity contribution >= 4 is 17.6 Å². The Morgan fingerprint density at radius 2 is 2.12 bits per heavy atom. The molecular formula is C11H11ClF2O2. The molecule has 0 bridgehead atoms. The lowest BCUT2D eigenvalue weighted by atomic mass is 10.0. The number of carboxylic acids is 1. The highest BCUT2D eigenvalue weighted by atomic mass is 35.5. The molecule has 0 spiro atoms. The summed E-state index contributed by atoms with van der Waals surface area (Å²) < 4.78 is 26.2. The molecule has 1 atom stereocenters. The summed E-state index contributed by atoms with van der Waals surface area (Å²) in [6.45, 7) is 1.53. The van der Waals surface area contributed by atoms with Crippen LogP contribution in [0.1, 0.15) is 18.9 Å². The maximum absolute atomic E-state index is 13.4. The first-order valence-electron chi connectivity index (χ1n) is 4.78. The standard InChI is InChI=1S/C11H11ClF2O2/c1-6(11(15)16)2-3-7-4-5-8(13)9(12)10(7)14/h4-6H,2-3H2,1H3,(H,15,16). The minimum atomic E-state index is -0.936. The Bertz CT molecular complexity index is 407. The number of rotatable bonds is 4. The smallest absolute Gasteiger partial charge is 0.306 e. The lowest BCUT2D eigenvalue weighted by Crippen LogP contribution is -2.10. The Kier molecular flexibility index (Phi) is 4.24. The van der Waals surface area contributed by atoms with E-state index in [4.69, 9.17) is 16.7 Å². The average Bonchev–Trinajstić information content (AvgIpc) is 2.24. The molecule has 0 aliphatic carbocycles. The van der Waals surface area contributed by atoms with E-state index in [2.05, 4.69) is 0 Å². The van der Waals surface area contributed by atoms with Crippen molar-refractivity contribution in [3.63, 3.8) is 0 Å². The van der Waals surface area contributed by atoms with E-state index < -0.39 is 28.5 Å². The minimum Gasteiger partial charge on any atom is -0.481 e. The molecule has 0 saturated heterocycles. The molecule has 0 aliphatic heterocycles. The van der Waals surface area contributed by atoms with Crippen LogP contribution in [0.2, 0.25) is 5.02 Å².